The van der Waals surface area contributed by atoms with Crippen molar-refractivity contribution >= 4 is 93.2 Å². The van der Waals surface area contributed by atoms with E-state index in [0.717, 1.165) is 117 Å². The fourth-order valence-electron chi connectivity index (χ4n) is 11.7. The van der Waals surface area contributed by atoms with Gasteiger partial charge < -0.3 is 45.5 Å². The van der Waals surface area contributed by atoms with Crippen molar-refractivity contribution in [2.75, 3.05) is 39.3 Å². The highest BCUT2D eigenvalue weighted by atomic mass is 35.5. The van der Waals surface area contributed by atoms with Gasteiger partial charge in [0.2, 0.25) is 17.3 Å². The number of nitrogens with one attached hydrogen (secondary N) is 3. The van der Waals surface area contributed by atoms with Crippen LogP contribution in [0.25, 0.3) is 30.3 Å². The Labute approximate surface area is 588 Å². The topological polar surface area (TPSA) is 176 Å². The number of ketones is 3. The predicted molar refractivity (Wildman–Crippen MR) is 400 cm³/mol. The van der Waals surface area contributed by atoms with Crippen LogP contribution < -0.4 is 30.2 Å². The van der Waals surface area contributed by atoms with E-state index >= 15 is 0 Å². The van der Waals surface area contributed by atoms with Gasteiger partial charge in [0.25, 0.3) is 0 Å². The van der Waals surface area contributed by atoms with Gasteiger partial charge in [-0.15, -0.1) is 34.0 Å². The molecule has 0 atom stereocenters. The molecule has 0 spiro atoms. The fraction of sp³-hybridized carbons (Fsp3) is 0.222. The second-order valence-electron chi connectivity index (χ2n) is 24.0. The lowest BCUT2D eigenvalue weighted by Gasteiger charge is -2.12. The van der Waals surface area contributed by atoms with Crippen molar-refractivity contribution in [2.45, 2.75) is 81.6 Å². The summed E-state index contributed by atoms with van der Waals surface area (Å²) in [6.45, 7) is 23.3. The zero-order chi connectivity index (χ0) is 69.7. The Kier molecular flexibility index (Phi) is 24.0. The number of thiophene rings is 3. The maximum atomic E-state index is 13.7. The number of hydrogen-bond acceptors (Lipinski definition) is 15. The molecule has 9 aromatic carbocycles. The molecule has 0 bridgehead atoms. The zero-order valence-corrected chi connectivity index (χ0v) is 59.5. The van der Waals surface area contributed by atoms with Gasteiger partial charge in [0.1, 0.15) is 54.9 Å². The van der Waals surface area contributed by atoms with E-state index in [0.29, 0.717) is 76.4 Å². The van der Waals surface area contributed by atoms with Gasteiger partial charge in [-0.1, -0.05) is 86.5 Å². The molecule has 0 aliphatic heterocycles. The van der Waals surface area contributed by atoms with E-state index in [9.17, 15) is 34.1 Å². The van der Waals surface area contributed by atoms with Crippen molar-refractivity contribution in [2.24, 2.45) is 0 Å². The average molecular weight is 1390 g/mol. The van der Waals surface area contributed by atoms with Crippen molar-refractivity contribution in [3.05, 3.63) is 262 Å². The normalized spacial score (nSPS) is 11.1. The van der Waals surface area contributed by atoms with Gasteiger partial charge in [0, 0.05) is 52.0 Å². The number of rotatable bonds is 24. The van der Waals surface area contributed by atoms with Gasteiger partial charge in [0.15, 0.2) is 17.2 Å². The number of ether oxygens (including phenoxy) is 3. The van der Waals surface area contributed by atoms with Crippen LogP contribution in [0, 0.1) is 47.4 Å². The summed E-state index contributed by atoms with van der Waals surface area (Å²) in [6.07, 6.45) is 2.81. The molecule has 0 saturated heterocycles. The second kappa shape index (κ2) is 32.9. The molecule has 0 amide bonds. The summed E-state index contributed by atoms with van der Waals surface area (Å²) in [5.41, 5.74) is 10.6. The number of hydrogen-bond donors (Lipinski definition) is 6. The molecule has 6 N–H and O–H groups in total. The van der Waals surface area contributed by atoms with E-state index in [4.69, 9.17) is 25.8 Å². The minimum absolute atomic E-state index is 0.0528. The standard InChI is InChI=1S/C28H29NO3S.C27H26ClNO3S.C26H24FNO3S/c1-5-29-13-12-20-6-9-22(10-7-20)32-27-23-11-8-21(30)16-24(23)33-28(27)26(31)25-18(3)14-17(2)15-19(25)4;1-4-29-12-11-18-5-8-21(9-6-18)32-26-22-10-7-20(30)15-23(22)33-27(26)25(31)24-16(2)13-19(28)14-17(24)3;1-3-28-13-12-17-4-8-20(9-5-17)31-25-22-11-7-19(29)15-23(22)32-26(25)24(30)21-10-6-18(27)14-16(21)2/h6-11,14-16,29-30H,5,12-13H2,1-4H3;5-10,13-15,29-30H,4,11-12H2,1-3H3;4-11,14-15,28-29H,3,12-13H2,1-2H3. The lowest BCUT2D eigenvalue weighted by molar-refractivity contribution is 0.103. The SMILES string of the molecule is CCNCCc1ccc(Oc2c(C(=O)c3c(C)cc(C)cc3C)sc3cc(O)ccc23)cc1.CCNCCc1ccc(Oc2c(C(=O)c3c(C)cc(Cl)cc3C)sc3cc(O)ccc23)cc1.CCNCCc1ccc(Oc2c(C(=O)c3ccc(F)cc3C)sc3cc(O)ccc23)cc1. The van der Waals surface area contributed by atoms with Crippen LogP contribution in [0.5, 0.6) is 51.7 Å². The van der Waals surface area contributed by atoms with Crippen LogP contribution in [0.1, 0.15) is 117 Å². The highest BCUT2D eigenvalue weighted by molar-refractivity contribution is 7.22. The number of phenols is 3. The molecule has 0 saturated carbocycles. The fourth-order valence-corrected chi connectivity index (χ4v) is 15.4. The lowest BCUT2D eigenvalue weighted by atomic mass is 9.95. The van der Waals surface area contributed by atoms with Crippen molar-refractivity contribution < 1.29 is 48.3 Å². The van der Waals surface area contributed by atoms with E-state index in [1.54, 1.807) is 67.6 Å². The van der Waals surface area contributed by atoms with Crippen LogP contribution in [0.15, 0.2) is 170 Å². The Balaban J connectivity index is 0.000000159. The zero-order valence-electron chi connectivity index (χ0n) is 56.3. The Morgan fingerprint density at radius 2 is 0.735 bits per heavy atom. The Morgan fingerprint density at radius 3 is 1.06 bits per heavy atom. The van der Waals surface area contributed by atoms with Gasteiger partial charge in [-0.2, -0.15) is 0 Å². The summed E-state index contributed by atoms with van der Waals surface area (Å²) >= 11 is 10.1. The molecule has 0 unspecified atom stereocenters. The van der Waals surface area contributed by atoms with Crippen molar-refractivity contribution in [3.8, 4) is 51.7 Å². The van der Waals surface area contributed by atoms with Crippen LogP contribution in [0.4, 0.5) is 4.39 Å². The molecule has 17 heteroatoms. The number of likely N-dealkylation sites (N-methyl/N-ethyl adjacent to an activating group) is 3. The molecule has 0 aliphatic rings. The smallest absolute Gasteiger partial charge is 0.207 e. The van der Waals surface area contributed by atoms with E-state index in [1.165, 1.54) is 68.9 Å². The quantitative estimate of drug-likeness (QED) is 0.0250. The third-order valence-corrected chi connectivity index (χ3v) is 20.1. The molecule has 98 heavy (non-hydrogen) atoms. The first-order chi connectivity index (χ1) is 47.2. The summed E-state index contributed by atoms with van der Waals surface area (Å²) in [5, 5.41) is 42.8. The van der Waals surface area contributed by atoms with Gasteiger partial charge in [0.05, 0.1) is 0 Å². The van der Waals surface area contributed by atoms with E-state index in [-0.39, 0.29) is 40.4 Å². The Hall–Kier alpha value is -9.23. The van der Waals surface area contributed by atoms with E-state index < -0.39 is 0 Å². The van der Waals surface area contributed by atoms with Crippen LogP contribution in [-0.4, -0.2) is 71.9 Å². The highest BCUT2D eigenvalue weighted by Gasteiger charge is 2.28. The average Bonchev–Trinajstić information content (AvgIpc) is 1.61. The first-order valence-electron chi connectivity index (χ1n) is 32.6. The first-order valence-corrected chi connectivity index (χ1v) is 35.5. The number of carbonyl (C=O) groups is 3. The van der Waals surface area contributed by atoms with Gasteiger partial charge in [-0.05, 0) is 266 Å². The molecule has 0 radical (unpaired) electrons. The van der Waals surface area contributed by atoms with Crippen LogP contribution >= 0.6 is 45.6 Å². The van der Waals surface area contributed by atoms with E-state index in [2.05, 4.69) is 48.9 Å². The number of halogens is 2. The summed E-state index contributed by atoms with van der Waals surface area (Å²) in [4.78, 5) is 42.3. The molecule has 0 aliphatic carbocycles. The number of fused-ring (bicyclic) bond motifs is 3. The number of phenolic OH excluding ortho intramolecular Hbond substituents is 3. The summed E-state index contributed by atoms with van der Waals surface area (Å²) in [6, 6.07) is 50.7. The maximum absolute atomic E-state index is 13.7. The van der Waals surface area contributed by atoms with E-state index in [1.807, 2.05) is 113 Å². The van der Waals surface area contributed by atoms with Gasteiger partial charge in [-0.25, -0.2) is 4.39 Å². The minimum atomic E-state index is -0.383. The molecular formula is C81H79ClFN3O9S3. The molecule has 12 nitrogen and oxygen atoms in total. The van der Waals surface area contributed by atoms with Gasteiger partial charge >= 0.3 is 0 Å². The van der Waals surface area contributed by atoms with Crippen molar-refractivity contribution in [3.63, 3.8) is 0 Å². The third-order valence-electron chi connectivity index (χ3n) is 16.5. The molecule has 0 fully saturated rings. The second-order valence-corrected chi connectivity index (χ2v) is 27.6. The third kappa shape index (κ3) is 17.4. The van der Waals surface area contributed by atoms with Crippen LogP contribution in [-0.2, 0) is 19.3 Å². The molecular weight excluding hydrogens is 1310 g/mol. The van der Waals surface area contributed by atoms with Gasteiger partial charge in [-0.3, -0.25) is 14.4 Å². The molecule has 504 valence electrons. The van der Waals surface area contributed by atoms with Crippen LogP contribution in [0.3, 0.4) is 0 Å². The number of aromatic hydroxyl groups is 3. The monoisotopic (exact) mass is 1390 g/mol. The molecule has 12 rings (SSSR count). The van der Waals surface area contributed by atoms with Crippen molar-refractivity contribution in [1.29, 1.82) is 0 Å². The first kappa shape index (κ1) is 71.5. The summed E-state index contributed by atoms with van der Waals surface area (Å²) in [5.74, 6) is 3.11. The Morgan fingerprint density at radius 1 is 0.408 bits per heavy atom. The number of carbonyl (C=O) groups excluding carboxylic acids is 3. The van der Waals surface area contributed by atoms with Crippen LogP contribution in [0.2, 0.25) is 5.02 Å². The van der Waals surface area contributed by atoms with Crippen molar-refractivity contribution in [1.82, 2.24) is 16.0 Å². The molecule has 3 aromatic heterocycles. The lowest BCUT2D eigenvalue weighted by Crippen LogP contribution is -2.15. The minimum Gasteiger partial charge on any atom is -0.508 e. The Bertz CT molecular complexity index is 4600. The summed E-state index contributed by atoms with van der Waals surface area (Å²) in [7, 11) is 0. The number of benzene rings is 9. The highest BCUT2D eigenvalue weighted by Crippen LogP contribution is 2.47. The predicted octanol–water partition coefficient (Wildman–Crippen LogP) is 20.0. The largest absolute Gasteiger partial charge is 0.508 e. The number of aryl methyl sites for hydroxylation is 6. The molecule has 3 heterocycles. The summed E-state index contributed by atoms with van der Waals surface area (Å²) < 4.78 is 34.7. The maximum Gasteiger partial charge on any atom is 0.207 e. The molecule has 12 aromatic rings.